The van der Waals surface area contributed by atoms with Crippen LogP contribution in [0.3, 0.4) is 0 Å². The number of carbonyl (C=O) groups excluding carboxylic acids is 3. The second-order valence-corrected chi connectivity index (χ2v) is 21.3. The highest BCUT2D eigenvalue weighted by molar-refractivity contribution is 5.70. The molecule has 0 heterocycles. The van der Waals surface area contributed by atoms with E-state index < -0.39 is 24.3 Å². The van der Waals surface area contributed by atoms with Gasteiger partial charge in [-0.1, -0.05) is 250 Å². The van der Waals surface area contributed by atoms with Crippen molar-refractivity contribution in [1.29, 1.82) is 0 Å². The smallest absolute Gasteiger partial charge is 0.306 e. The lowest BCUT2D eigenvalue weighted by Crippen LogP contribution is -2.44. The van der Waals surface area contributed by atoms with E-state index in [2.05, 4.69) is 38.2 Å². The molecule has 9 heteroatoms. The predicted molar refractivity (Wildman–Crippen MR) is 288 cm³/mol. The molecule has 0 N–H and O–H groups in total. The van der Waals surface area contributed by atoms with Crippen LogP contribution < -0.4 is 5.11 Å². The Morgan fingerprint density at radius 2 is 0.783 bits per heavy atom. The van der Waals surface area contributed by atoms with Crippen molar-refractivity contribution in [2.45, 2.75) is 296 Å². The summed E-state index contributed by atoms with van der Waals surface area (Å²) in [6, 6.07) is 0. The zero-order valence-corrected chi connectivity index (χ0v) is 46.2. The van der Waals surface area contributed by atoms with Crippen LogP contribution in [0.5, 0.6) is 0 Å². The van der Waals surface area contributed by atoms with E-state index in [9.17, 15) is 19.5 Å². The fraction of sp³-hybridized carbons (Fsp3) is 0.883. The minimum absolute atomic E-state index is 0.151. The average Bonchev–Trinajstić information content (AvgIpc) is 3.31. The Kier molecular flexibility index (Phi) is 50.4. The lowest BCUT2D eigenvalue weighted by molar-refractivity contribution is -0.870. The molecule has 0 aromatic rings. The summed E-state index contributed by atoms with van der Waals surface area (Å²) in [6.07, 6.45) is 58.0. The molecule has 406 valence electrons. The maximum absolute atomic E-state index is 12.9. The molecular weight excluding hydrogens is 863 g/mol. The van der Waals surface area contributed by atoms with Gasteiger partial charge in [-0.05, 0) is 44.9 Å². The molecule has 69 heavy (non-hydrogen) atoms. The van der Waals surface area contributed by atoms with Crippen molar-refractivity contribution in [3.05, 3.63) is 24.3 Å². The summed E-state index contributed by atoms with van der Waals surface area (Å²) in [5.74, 6) is -2.26. The fourth-order valence-electron chi connectivity index (χ4n) is 8.63. The number of carboxylic acid groups (broad SMARTS) is 1. The topological polar surface area (TPSA) is 111 Å². The number of rotatable bonds is 55. The lowest BCUT2D eigenvalue weighted by atomic mass is 10.0. The van der Waals surface area contributed by atoms with E-state index in [-0.39, 0.29) is 32.2 Å². The minimum atomic E-state index is -1.62. The molecule has 0 aliphatic heterocycles. The lowest BCUT2D eigenvalue weighted by Gasteiger charge is -2.26. The van der Waals surface area contributed by atoms with Gasteiger partial charge in [-0.15, -0.1) is 0 Å². The van der Waals surface area contributed by atoms with Gasteiger partial charge in [0.1, 0.15) is 13.2 Å². The zero-order valence-electron chi connectivity index (χ0n) is 46.2. The largest absolute Gasteiger partial charge is 0.545 e. The van der Waals surface area contributed by atoms with Crippen LogP contribution in [0.1, 0.15) is 284 Å². The molecule has 9 nitrogen and oxygen atoms in total. The van der Waals surface area contributed by atoms with Crippen LogP contribution in [0.25, 0.3) is 0 Å². The minimum Gasteiger partial charge on any atom is -0.545 e. The number of aliphatic carboxylic acids is 1. The molecular formula is C60H113NO8. The zero-order chi connectivity index (χ0) is 50.6. The SMILES string of the molecule is CCCCCCC/C=C\C/C=C\CCCCCCCCCCCCCCCCCCCC(=O)OC(COC(=O)CCCCCCCCCCCCCCCCC)COC(OCC[N+](C)(C)C)C(=O)[O-]. The Balaban J connectivity index is 4.13. The van der Waals surface area contributed by atoms with Crippen molar-refractivity contribution in [3.63, 3.8) is 0 Å². The van der Waals surface area contributed by atoms with Gasteiger partial charge < -0.3 is 33.3 Å². The molecule has 0 rings (SSSR count). The summed E-state index contributed by atoms with van der Waals surface area (Å²) in [7, 11) is 5.93. The molecule has 0 saturated heterocycles. The Bertz CT molecular complexity index is 1180. The molecule has 0 aliphatic rings. The first-order valence-electron chi connectivity index (χ1n) is 29.5. The van der Waals surface area contributed by atoms with Crippen LogP contribution in [-0.2, 0) is 33.3 Å². The van der Waals surface area contributed by atoms with E-state index in [1.54, 1.807) is 0 Å². The third kappa shape index (κ3) is 53.4. The van der Waals surface area contributed by atoms with Crippen LogP contribution in [0.4, 0.5) is 0 Å². The number of unbranched alkanes of at least 4 members (excludes halogenated alkanes) is 36. The van der Waals surface area contributed by atoms with E-state index in [0.717, 1.165) is 44.9 Å². The predicted octanol–water partition coefficient (Wildman–Crippen LogP) is 15.8. The molecule has 0 aliphatic carbocycles. The summed E-state index contributed by atoms with van der Waals surface area (Å²) in [4.78, 5) is 37.2. The number of likely N-dealkylation sites (N-methyl/N-ethyl adjacent to an activating group) is 1. The molecule has 2 unspecified atom stereocenters. The van der Waals surface area contributed by atoms with Gasteiger partial charge in [0.05, 0.1) is 40.3 Å². The summed E-state index contributed by atoms with van der Waals surface area (Å²) in [5, 5.41) is 11.8. The number of quaternary nitrogens is 1. The first-order chi connectivity index (χ1) is 33.6. The van der Waals surface area contributed by atoms with Gasteiger partial charge in [0.25, 0.3) is 0 Å². The maximum Gasteiger partial charge on any atom is 0.306 e. The molecule has 2 atom stereocenters. The second kappa shape index (κ2) is 52.1. The van der Waals surface area contributed by atoms with Crippen LogP contribution >= 0.6 is 0 Å². The highest BCUT2D eigenvalue weighted by Crippen LogP contribution is 2.17. The summed E-state index contributed by atoms with van der Waals surface area (Å²) < 4.78 is 22.7. The normalized spacial score (nSPS) is 12.9. The van der Waals surface area contributed by atoms with Crippen LogP contribution in [0, 0.1) is 0 Å². The number of carbonyl (C=O) groups is 3. The van der Waals surface area contributed by atoms with Crippen molar-refractivity contribution in [3.8, 4) is 0 Å². The maximum atomic E-state index is 12.9. The van der Waals surface area contributed by atoms with Crippen molar-refractivity contribution >= 4 is 17.9 Å². The molecule has 0 spiro atoms. The highest BCUT2D eigenvalue weighted by atomic mass is 16.7. The molecule has 0 bridgehead atoms. The Morgan fingerprint density at radius 1 is 0.435 bits per heavy atom. The third-order valence-corrected chi connectivity index (χ3v) is 13.2. The molecule has 0 radical (unpaired) electrons. The third-order valence-electron chi connectivity index (χ3n) is 13.2. The van der Waals surface area contributed by atoms with Gasteiger partial charge in [0.15, 0.2) is 12.4 Å². The Morgan fingerprint density at radius 3 is 1.14 bits per heavy atom. The van der Waals surface area contributed by atoms with Gasteiger partial charge in [0.2, 0.25) is 0 Å². The number of hydrogen-bond acceptors (Lipinski definition) is 8. The first-order valence-corrected chi connectivity index (χ1v) is 29.5. The first kappa shape index (κ1) is 66.8. The van der Waals surface area contributed by atoms with Crippen molar-refractivity contribution < 1.29 is 42.9 Å². The van der Waals surface area contributed by atoms with Crippen LogP contribution in [0.2, 0.25) is 0 Å². The van der Waals surface area contributed by atoms with Gasteiger partial charge >= 0.3 is 11.9 Å². The monoisotopic (exact) mass is 976 g/mol. The van der Waals surface area contributed by atoms with Crippen LogP contribution in [0.15, 0.2) is 24.3 Å². The van der Waals surface area contributed by atoms with E-state index >= 15 is 0 Å². The standard InChI is InChI=1S/C60H113NO8/c1-6-8-10-12-14-16-18-20-22-23-24-25-26-27-28-29-30-31-32-33-34-35-37-39-41-43-45-47-49-51-58(63)69-56(55-68-60(59(64)65)66-53-52-61(3,4)5)54-67-57(62)50-48-46-44-42-40-38-36-21-19-17-15-13-11-9-7-2/h18,20,23-24,56,60H,6-17,19,21-22,25-55H2,1-5H3/b20-18-,24-23-. The second-order valence-electron chi connectivity index (χ2n) is 21.3. The number of allylic oxidation sites excluding steroid dienone is 4. The number of ether oxygens (including phenoxy) is 4. The summed E-state index contributed by atoms with van der Waals surface area (Å²) in [6.45, 7) is 4.78. The Labute approximate surface area is 427 Å². The van der Waals surface area contributed by atoms with Crippen molar-refractivity contribution in [1.82, 2.24) is 0 Å². The molecule has 0 saturated carbocycles. The van der Waals surface area contributed by atoms with E-state index in [0.29, 0.717) is 17.4 Å². The molecule has 0 amide bonds. The summed E-state index contributed by atoms with van der Waals surface area (Å²) in [5.41, 5.74) is 0. The van der Waals surface area contributed by atoms with Gasteiger partial charge in [-0.2, -0.15) is 0 Å². The van der Waals surface area contributed by atoms with Gasteiger partial charge in [-0.25, -0.2) is 0 Å². The fourth-order valence-corrected chi connectivity index (χ4v) is 8.63. The van der Waals surface area contributed by atoms with E-state index in [4.69, 9.17) is 18.9 Å². The van der Waals surface area contributed by atoms with Crippen molar-refractivity contribution in [2.75, 3.05) is 47.5 Å². The number of esters is 2. The molecule has 0 aromatic carbocycles. The number of carboxylic acids is 1. The summed E-state index contributed by atoms with van der Waals surface area (Å²) >= 11 is 0. The average molecular weight is 977 g/mol. The highest BCUT2D eigenvalue weighted by Gasteiger charge is 2.22. The van der Waals surface area contributed by atoms with Gasteiger partial charge in [-0.3, -0.25) is 9.59 Å². The van der Waals surface area contributed by atoms with Crippen LogP contribution in [-0.4, -0.2) is 82.3 Å². The van der Waals surface area contributed by atoms with Gasteiger partial charge in [0, 0.05) is 12.8 Å². The number of hydrogen-bond donors (Lipinski definition) is 0. The Hall–Kier alpha value is -2.23. The van der Waals surface area contributed by atoms with Crippen molar-refractivity contribution in [2.24, 2.45) is 0 Å². The van der Waals surface area contributed by atoms with E-state index in [1.165, 1.54) is 212 Å². The molecule has 0 aromatic heterocycles. The quantitative estimate of drug-likeness (QED) is 0.0195. The number of nitrogens with zero attached hydrogens (tertiary/aromatic N) is 1. The van der Waals surface area contributed by atoms with E-state index in [1.807, 2.05) is 21.1 Å². The molecule has 0 fully saturated rings.